The zero-order valence-electron chi connectivity index (χ0n) is 14.0. The van der Waals surface area contributed by atoms with Gasteiger partial charge >= 0.3 is 0 Å². The van der Waals surface area contributed by atoms with Crippen molar-refractivity contribution in [3.63, 3.8) is 0 Å². The Kier molecular flexibility index (Phi) is 4.63. The van der Waals surface area contributed by atoms with E-state index in [-0.39, 0.29) is 16.8 Å². The Labute approximate surface area is 148 Å². The second kappa shape index (κ2) is 6.72. The van der Waals surface area contributed by atoms with Crippen molar-refractivity contribution in [3.05, 3.63) is 72.3 Å². The van der Waals surface area contributed by atoms with Crippen LogP contribution in [0, 0.1) is 0 Å². The number of carbonyl (C=O) groups excluding carboxylic acids is 1. The minimum absolute atomic E-state index is 0.113. The van der Waals surface area contributed by atoms with Crippen molar-refractivity contribution in [1.29, 1.82) is 0 Å². The molecular formula is C19H20N2O3S. The van der Waals surface area contributed by atoms with Crippen molar-refractivity contribution in [3.8, 4) is 0 Å². The second-order valence-electron chi connectivity index (χ2n) is 6.01. The second-order valence-corrected chi connectivity index (χ2v) is 7.82. The van der Waals surface area contributed by atoms with E-state index in [4.69, 9.17) is 0 Å². The lowest BCUT2D eigenvalue weighted by Gasteiger charge is -2.24. The number of hydrogen-bond acceptors (Lipinski definition) is 3. The molecule has 0 spiro atoms. The Morgan fingerprint density at radius 3 is 2.80 bits per heavy atom. The maximum Gasteiger partial charge on any atom is 0.264 e. The highest BCUT2D eigenvalue weighted by atomic mass is 32.2. The van der Waals surface area contributed by atoms with Gasteiger partial charge in [0.25, 0.3) is 15.9 Å². The third-order valence-electron chi connectivity index (χ3n) is 4.20. The smallest absolute Gasteiger partial charge is 0.264 e. The summed E-state index contributed by atoms with van der Waals surface area (Å²) in [7, 11) is -3.74. The molecule has 5 nitrogen and oxygen atoms in total. The lowest BCUT2D eigenvalue weighted by molar-refractivity contribution is 0.0958. The van der Waals surface area contributed by atoms with E-state index in [0.717, 1.165) is 5.56 Å². The van der Waals surface area contributed by atoms with E-state index < -0.39 is 10.0 Å². The van der Waals surface area contributed by atoms with E-state index in [9.17, 15) is 13.2 Å². The normalized spacial score (nSPS) is 16.4. The van der Waals surface area contributed by atoms with Gasteiger partial charge in [-0.2, -0.15) is 0 Å². The minimum Gasteiger partial charge on any atom is -0.349 e. The van der Waals surface area contributed by atoms with Crippen molar-refractivity contribution in [1.82, 2.24) is 5.32 Å². The van der Waals surface area contributed by atoms with Crippen LogP contribution in [0.25, 0.3) is 0 Å². The van der Waals surface area contributed by atoms with Crippen LogP contribution in [0.4, 0.5) is 5.69 Å². The van der Waals surface area contributed by atoms with Crippen molar-refractivity contribution in [2.45, 2.75) is 24.3 Å². The Morgan fingerprint density at radius 1 is 1.28 bits per heavy atom. The van der Waals surface area contributed by atoms with E-state index in [2.05, 4.69) is 11.9 Å². The maximum atomic E-state index is 13.2. The number of nitrogens with zero attached hydrogens (tertiary/aromatic N) is 1. The molecule has 6 heteroatoms. The van der Waals surface area contributed by atoms with E-state index in [1.165, 1.54) is 16.4 Å². The SMILES string of the molecule is C=CCNC(=O)c1cccc(S(=O)(=O)N2c3ccccc3CC2C)c1. The predicted octanol–water partition coefficient (Wildman–Crippen LogP) is 2.74. The third kappa shape index (κ3) is 3.17. The van der Waals surface area contributed by atoms with E-state index >= 15 is 0 Å². The van der Waals surface area contributed by atoms with Gasteiger partial charge < -0.3 is 5.32 Å². The molecule has 1 amide bonds. The van der Waals surface area contributed by atoms with Crippen LogP contribution in [0.1, 0.15) is 22.8 Å². The summed E-state index contributed by atoms with van der Waals surface area (Å²) >= 11 is 0. The van der Waals surface area contributed by atoms with Gasteiger partial charge in [-0.25, -0.2) is 8.42 Å². The van der Waals surface area contributed by atoms with Crippen LogP contribution in [-0.4, -0.2) is 26.9 Å². The fourth-order valence-corrected chi connectivity index (χ4v) is 4.82. The minimum atomic E-state index is -3.74. The number of hydrogen-bond donors (Lipinski definition) is 1. The number of anilines is 1. The number of benzene rings is 2. The molecule has 1 N–H and O–H groups in total. The molecule has 1 aliphatic rings. The van der Waals surface area contributed by atoms with E-state index in [1.54, 1.807) is 18.2 Å². The summed E-state index contributed by atoms with van der Waals surface area (Å²) in [6.45, 7) is 5.76. The topological polar surface area (TPSA) is 66.5 Å². The lowest BCUT2D eigenvalue weighted by Crippen LogP contribution is -2.35. The average Bonchev–Trinajstić information content (AvgIpc) is 2.96. The first kappa shape index (κ1) is 17.2. The van der Waals surface area contributed by atoms with Gasteiger partial charge in [-0.1, -0.05) is 30.3 Å². The first-order valence-corrected chi connectivity index (χ1v) is 9.50. The number of nitrogens with one attached hydrogen (secondary N) is 1. The predicted molar refractivity (Wildman–Crippen MR) is 98.2 cm³/mol. The van der Waals surface area contributed by atoms with Gasteiger partial charge in [0.2, 0.25) is 0 Å². The van der Waals surface area contributed by atoms with Crippen LogP contribution in [0.3, 0.4) is 0 Å². The van der Waals surface area contributed by atoms with Crippen molar-refractivity contribution >= 4 is 21.6 Å². The molecule has 1 heterocycles. The Balaban J connectivity index is 1.98. The highest BCUT2D eigenvalue weighted by Gasteiger charge is 2.35. The molecule has 2 aromatic carbocycles. The Morgan fingerprint density at radius 2 is 2.04 bits per heavy atom. The number of carbonyl (C=O) groups is 1. The maximum absolute atomic E-state index is 13.2. The summed E-state index contributed by atoms with van der Waals surface area (Å²) in [5, 5.41) is 2.66. The van der Waals surface area contributed by atoms with Gasteiger partial charge in [0.05, 0.1) is 10.6 Å². The monoisotopic (exact) mass is 356 g/mol. The molecule has 25 heavy (non-hydrogen) atoms. The largest absolute Gasteiger partial charge is 0.349 e. The molecule has 3 rings (SSSR count). The van der Waals surface area contributed by atoms with Crippen LogP contribution in [-0.2, 0) is 16.4 Å². The molecule has 0 aliphatic carbocycles. The molecule has 130 valence electrons. The van der Waals surface area contributed by atoms with Crippen LogP contribution in [0.2, 0.25) is 0 Å². The highest BCUT2D eigenvalue weighted by Crippen LogP contribution is 2.36. The standard InChI is InChI=1S/C19H20N2O3S/c1-3-11-20-19(22)16-8-6-9-17(13-16)25(23,24)21-14(2)12-15-7-4-5-10-18(15)21/h3-10,13-14H,1,11-12H2,2H3,(H,20,22). The Bertz CT molecular complexity index is 922. The van der Waals surface area contributed by atoms with E-state index in [1.807, 2.05) is 31.2 Å². The number of amides is 1. The van der Waals surface area contributed by atoms with Gasteiger partial charge in [0.1, 0.15) is 0 Å². The lowest BCUT2D eigenvalue weighted by atomic mass is 10.1. The van der Waals surface area contributed by atoms with Crippen LogP contribution in [0.15, 0.2) is 66.1 Å². The summed E-state index contributed by atoms with van der Waals surface area (Å²) in [5.74, 6) is -0.327. The highest BCUT2D eigenvalue weighted by molar-refractivity contribution is 7.92. The zero-order valence-corrected chi connectivity index (χ0v) is 14.8. The quantitative estimate of drug-likeness (QED) is 0.838. The summed E-state index contributed by atoms with van der Waals surface area (Å²) in [6.07, 6.45) is 2.25. The van der Waals surface area contributed by atoms with Crippen molar-refractivity contribution in [2.75, 3.05) is 10.8 Å². The first-order valence-electron chi connectivity index (χ1n) is 8.06. The number of sulfonamides is 1. The van der Waals surface area contributed by atoms with E-state index in [0.29, 0.717) is 24.2 Å². The third-order valence-corrected chi connectivity index (χ3v) is 6.13. The van der Waals surface area contributed by atoms with Gasteiger partial charge in [-0.15, -0.1) is 6.58 Å². The number of para-hydroxylation sites is 1. The summed E-state index contributed by atoms with van der Waals surface area (Å²) in [6, 6.07) is 13.5. The van der Waals surface area contributed by atoms with Crippen LogP contribution >= 0.6 is 0 Å². The molecule has 0 bridgehead atoms. The zero-order chi connectivity index (χ0) is 18.0. The molecule has 0 fully saturated rings. The van der Waals surface area contributed by atoms with Crippen LogP contribution < -0.4 is 9.62 Å². The van der Waals surface area contributed by atoms with Gasteiger partial charge in [0.15, 0.2) is 0 Å². The Hall–Kier alpha value is -2.60. The van der Waals surface area contributed by atoms with Gasteiger partial charge in [-0.3, -0.25) is 9.10 Å². The molecule has 2 aromatic rings. The molecule has 0 saturated carbocycles. The molecular weight excluding hydrogens is 336 g/mol. The molecule has 1 unspecified atom stereocenters. The molecule has 0 aromatic heterocycles. The molecule has 1 aliphatic heterocycles. The summed E-state index contributed by atoms with van der Waals surface area (Å²) in [5.41, 5.74) is 2.03. The fourth-order valence-electron chi connectivity index (χ4n) is 3.08. The average molecular weight is 356 g/mol. The summed E-state index contributed by atoms with van der Waals surface area (Å²) < 4.78 is 27.8. The fraction of sp³-hybridized carbons (Fsp3) is 0.211. The molecule has 0 saturated heterocycles. The summed E-state index contributed by atoms with van der Waals surface area (Å²) in [4.78, 5) is 12.2. The number of fused-ring (bicyclic) bond motifs is 1. The molecule has 0 radical (unpaired) electrons. The molecule has 1 atom stereocenters. The van der Waals surface area contributed by atoms with Crippen LogP contribution in [0.5, 0.6) is 0 Å². The van der Waals surface area contributed by atoms with Gasteiger partial charge in [0, 0.05) is 18.2 Å². The van der Waals surface area contributed by atoms with Crippen molar-refractivity contribution < 1.29 is 13.2 Å². The van der Waals surface area contributed by atoms with Crippen molar-refractivity contribution in [2.24, 2.45) is 0 Å². The first-order chi connectivity index (χ1) is 11.9. The number of rotatable bonds is 5. The van der Waals surface area contributed by atoms with Gasteiger partial charge in [-0.05, 0) is 43.2 Å².